The van der Waals surface area contributed by atoms with Crippen LogP contribution in [-0.2, 0) is 0 Å². The van der Waals surface area contributed by atoms with Crippen molar-refractivity contribution < 1.29 is 0 Å². The normalized spacial score (nSPS) is 18.9. The standard InChI is InChI=1S/C9H14ClN3S/c1-7-11-9(14-12-7)13-4-2-8(6-10)3-5-13/h8H,2-6H2,1H3. The van der Waals surface area contributed by atoms with Gasteiger partial charge in [0.05, 0.1) is 0 Å². The third kappa shape index (κ3) is 2.17. The Morgan fingerprint density at radius 3 is 2.71 bits per heavy atom. The van der Waals surface area contributed by atoms with Crippen LogP contribution < -0.4 is 4.90 Å². The van der Waals surface area contributed by atoms with Gasteiger partial charge in [0.15, 0.2) is 0 Å². The Labute approximate surface area is 93.3 Å². The van der Waals surface area contributed by atoms with Crippen molar-refractivity contribution in [2.24, 2.45) is 5.92 Å². The first kappa shape index (κ1) is 10.2. The molecule has 0 N–H and O–H groups in total. The van der Waals surface area contributed by atoms with Gasteiger partial charge >= 0.3 is 0 Å². The average molecular weight is 232 g/mol. The van der Waals surface area contributed by atoms with Crippen LogP contribution in [0.2, 0.25) is 0 Å². The quantitative estimate of drug-likeness (QED) is 0.732. The Kier molecular flexibility index (Phi) is 3.23. The average Bonchev–Trinajstić information content (AvgIpc) is 2.65. The van der Waals surface area contributed by atoms with Gasteiger partial charge in [0.1, 0.15) is 5.82 Å². The molecule has 0 atom stereocenters. The smallest absolute Gasteiger partial charge is 0.205 e. The van der Waals surface area contributed by atoms with Gasteiger partial charge in [0.2, 0.25) is 5.13 Å². The van der Waals surface area contributed by atoms with Crippen LogP contribution in [0.5, 0.6) is 0 Å². The van der Waals surface area contributed by atoms with Crippen molar-refractivity contribution >= 4 is 28.3 Å². The van der Waals surface area contributed by atoms with E-state index in [0.29, 0.717) is 5.92 Å². The molecule has 0 aromatic carbocycles. The molecule has 3 nitrogen and oxygen atoms in total. The highest BCUT2D eigenvalue weighted by atomic mass is 35.5. The molecular weight excluding hydrogens is 218 g/mol. The lowest BCUT2D eigenvalue weighted by Crippen LogP contribution is -2.34. The molecule has 0 radical (unpaired) electrons. The van der Waals surface area contributed by atoms with Crippen LogP contribution in [-0.4, -0.2) is 28.3 Å². The van der Waals surface area contributed by atoms with Crippen molar-refractivity contribution in [3.8, 4) is 0 Å². The molecule has 78 valence electrons. The largest absolute Gasteiger partial charge is 0.347 e. The Bertz CT molecular complexity index is 294. The molecule has 14 heavy (non-hydrogen) atoms. The Hall–Kier alpha value is -0.350. The molecule has 2 heterocycles. The number of hydrogen-bond acceptors (Lipinski definition) is 4. The van der Waals surface area contributed by atoms with E-state index in [-0.39, 0.29) is 0 Å². The highest BCUT2D eigenvalue weighted by molar-refractivity contribution is 7.09. The van der Waals surface area contributed by atoms with Gasteiger partial charge in [0, 0.05) is 30.5 Å². The van der Waals surface area contributed by atoms with E-state index < -0.39 is 0 Å². The highest BCUT2D eigenvalue weighted by Crippen LogP contribution is 2.24. The van der Waals surface area contributed by atoms with Gasteiger partial charge in [-0.15, -0.1) is 11.6 Å². The third-order valence-corrected chi connectivity index (χ3v) is 3.92. The summed E-state index contributed by atoms with van der Waals surface area (Å²) in [7, 11) is 0. The lowest BCUT2D eigenvalue weighted by molar-refractivity contribution is 0.442. The third-order valence-electron chi connectivity index (χ3n) is 2.62. The molecule has 0 spiro atoms. The molecule has 1 aliphatic heterocycles. The number of anilines is 1. The fourth-order valence-electron chi connectivity index (χ4n) is 1.69. The second kappa shape index (κ2) is 4.45. The van der Waals surface area contributed by atoms with Gasteiger partial charge in [-0.05, 0) is 25.7 Å². The van der Waals surface area contributed by atoms with Crippen molar-refractivity contribution in [3.05, 3.63) is 5.82 Å². The van der Waals surface area contributed by atoms with E-state index in [0.717, 1.165) is 29.9 Å². The molecule has 1 aromatic heterocycles. The van der Waals surface area contributed by atoms with Crippen LogP contribution in [0.4, 0.5) is 5.13 Å². The number of nitrogens with zero attached hydrogens (tertiary/aromatic N) is 3. The lowest BCUT2D eigenvalue weighted by Gasteiger charge is -2.30. The molecule has 1 aromatic rings. The second-order valence-corrected chi connectivity index (χ2v) is 4.75. The van der Waals surface area contributed by atoms with Crippen LogP contribution in [0.3, 0.4) is 0 Å². The molecule has 1 fully saturated rings. The number of piperidine rings is 1. The zero-order chi connectivity index (χ0) is 9.97. The number of aromatic nitrogens is 2. The maximum atomic E-state index is 5.83. The van der Waals surface area contributed by atoms with Crippen molar-refractivity contribution in [3.63, 3.8) is 0 Å². The SMILES string of the molecule is Cc1nsc(N2CCC(CCl)CC2)n1. The lowest BCUT2D eigenvalue weighted by atomic mass is 9.99. The van der Waals surface area contributed by atoms with Crippen molar-refractivity contribution in [2.75, 3.05) is 23.9 Å². The molecule has 1 saturated heterocycles. The second-order valence-electron chi connectivity index (χ2n) is 3.71. The first-order valence-electron chi connectivity index (χ1n) is 4.91. The van der Waals surface area contributed by atoms with E-state index in [1.807, 2.05) is 6.92 Å². The molecule has 1 aliphatic rings. The molecule has 5 heteroatoms. The van der Waals surface area contributed by atoms with Gasteiger partial charge in [0.25, 0.3) is 0 Å². The van der Waals surface area contributed by atoms with E-state index in [2.05, 4.69) is 14.3 Å². The summed E-state index contributed by atoms with van der Waals surface area (Å²) in [6.45, 7) is 4.09. The summed E-state index contributed by atoms with van der Waals surface area (Å²) in [4.78, 5) is 6.70. The van der Waals surface area contributed by atoms with Crippen LogP contribution in [0.15, 0.2) is 0 Å². The summed E-state index contributed by atoms with van der Waals surface area (Å²) in [5.41, 5.74) is 0. The minimum absolute atomic E-state index is 0.696. The number of halogens is 1. The minimum atomic E-state index is 0.696. The summed E-state index contributed by atoms with van der Waals surface area (Å²) < 4.78 is 4.19. The van der Waals surface area contributed by atoms with Crippen molar-refractivity contribution in [2.45, 2.75) is 19.8 Å². The van der Waals surface area contributed by atoms with E-state index in [4.69, 9.17) is 11.6 Å². The number of rotatable bonds is 2. The van der Waals surface area contributed by atoms with Gasteiger partial charge in [-0.3, -0.25) is 0 Å². The molecule has 0 amide bonds. The summed E-state index contributed by atoms with van der Waals surface area (Å²) in [5.74, 6) is 2.37. The number of hydrogen-bond donors (Lipinski definition) is 0. The maximum absolute atomic E-state index is 5.83. The zero-order valence-corrected chi connectivity index (χ0v) is 9.81. The number of aryl methyl sites for hydroxylation is 1. The first-order chi connectivity index (χ1) is 6.79. The van der Waals surface area contributed by atoms with E-state index in [9.17, 15) is 0 Å². The van der Waals surface area contributed by atoms with Crippen molar-refractivity contribution in [1.29, 1.82) is 0 Å². The van der Waals surface area contributed by atoms with E-state index >= 15 is 0 Å². The Balaban J connectivity index is 1.95. The predicted molar refractivity (Wildman–Crippen MR) is 60.3 cm³/mol. The fourth-order valence-corrected chi connectivity index (χ4v) is 2.73. The summed E-state index contributed by atoms with van der Waals surface area (Å²) in [6.07, 6.45) is 2.37. The zero-order valence-electron chi connectivity index (χ0n) is 8.24. The van der Waals surface area contributed by atoms with Crippen molar-refractivity contribution in [1.82, 2.24) is 9.36 Å². The first-order valence-corrected chi connectivity index (χ1v) is 6.21. The topological polar surface area (TPSA) is 29.0 Å². The van der Waals surface area contributed by atoms with E-state index in [1.54, 1.807) is 0 Å². The minimum Gasteiger partial charge on any atom is -0.347 e. The summed E-state index contributed by atoms with van der Waals surface area (Å²) >= 11 is 7.33. The van der Waals surface area contributed by atoms with Gasteiger partial charge < -0.3 is 4.90 Å². The van der Waals surface area contributed by atoms with Crippen LogP contribution >= 0.6 is 23.1 Å². The van der Waals surface area contributed by atoms with Gasteiger partial charge in [-0.2, -0.15) is 4.37 Å². The van der Waals surface area contributed by atoms with Crippen LogP contribution in [0, 0.1) is 12.8 Å². The molecule has 2 rings (SSSR count). The predicted octanol–water partition coefficient (Wildman–Crippen LogP) is 2.30. The number of alkyl halides is 1. The van der Waals surface area contributed by atoms with Crippen LogP contribution in [0.25, 0.3) is 0 Å². The Morgan fingerprint density at radius 1 is 1.50 bits per heavy atom. The summed E-state index contributed by atoms with van der Waals surface area (Å²) in [6, 6.07) is 0. The fraction of sp³-hybridized carbons (Fsp3) is 0.778. The molecule has 0 unspecified atom stereocenters. The highest BCUT2D eigenvalue weighted by Gasteiger charge is 2.20. The molecule has 0 saturated carbocycles. The summed E-state index contributed by atoms with van der Waals surface area (Å²) in [5, 5.41) is 1.07. The monoisotopic (exact) mass is 231 g/mol. The maximum Gasteiger partial charge on any atom is 0.205 e. The van der Waals surface area contributed by atoms with Gasteiger partial charge in [-0.1, -0.05) is 0 Å². The van der Waals surface area contributed by atoms with E-state index in [1.165, 1.54) is 24.4 Å². The van der Waals surface area contributed by atoms with Crippen LogP contribution in [0.1, 0.15) is 18.7 Å². The molecule has 0 aliphatic carbocycles. The molecular formula is C9H14ClN3S. The van der Waals surface area contributed by atoms with Gasteiger partial charge in [-0.25, -0.2) is 4.98 Å². The molecule has 0 bridgehead atoms. The Morgan fingerprint density at radius 2 is 2.21 bits per heavy atom.